The Morgan fingerprint density at radius 3 is 2.79 bits per heavy atom. The number of carbonyl (C=O) groups excluding carboxylic acids is 1. The number of aryl methyl sites for hydroxylation is 2. The lowest BCUT2D eigenvalue weighted by Gasteiger charge is -2.26. The van der Waals surface area contributed by atoms with Crippen molar-refractivity contribution in [1.29, 1.82) is 0 Å². The zero-order chi connectivity index (χ0) is 27.7. The number of nitrogens with zero attached hydrogens (tertiary/aromatic N) is 2. The van der Waals surface area contributed by atoms with Crippen LogP contribution in [-0.4, -0.2) is 58.1 Å². The van der Waals surface area contributed by atoms with Crippen molar-refractivity contribution in [2.45, 2.75) is 75.7 Å². The van der Waals surface area contributed by atoms with E-state index in [0.717, 1.165) is 63.0 Å². The highest BCUT2D eigenvalue weighted by atomic mass is 19.4. The molecule has 4 atom stereocenters. The van der Waals surface area contributed by atoms with Gasteiger partial charge in [-0.1, -0.05) is 6.07 Å². The molecule has 0 unspecified atom stereocenters. The Kier molecular flexibility index (Phi) is 7.80. The number of carboxylic acid groups (broad SMARTS) is 1. The summed E-state index contributed by atoms with van der Waals surface area (Å²) in [6.45, 7) is 1.39. The molecule has 7 nitrogen and oxygen atoms in total. The SMILES string of the molecule is O=C(N[C@@H](CCN1[C@H]2CC[C@@H]1[C@H](CCc1ccc3c(n1)NCCC3)C2)C(=O)O)c1cc(F)cc(C(F)(F)F)c1. The Labute approximate surface area is 224 Å². The first-order chi connectivity index (χ1) is 18.6. The maximum atomic E-state index is 13.7. The van der Waals surface area contributed by atoms with Gasteiger partial charge in [-0.25, -0.2) is 14.2 Å². The molecule has 0 radical (unpaired) electrons. The lowest BCUT2D eigenvalue weighted by molar-refractivity contribution is -0.140. The van der Waals surface area contributed by atoms with E-state index in [1.54, 1.807) is 0 Å². The molecule has 3 aliphatic rings. The number of aromatic nitrogens is 1. The van der Waals surface area contributed by atoms with Crippen LogP contribution in [0.3, 0.4) is 0 Å². The average Bonchev–Trinajstić information content (AvgIpc) is 3.45. The summed E-state index contributed by atoms with van der Waals surface area (Å²) in [5.74, 6) is -2.10. The molecule has 2 saturated heterocycles. The molecule has 11 heteroatoms. The van der Waals surface area contributed by atoms with Gasteiger partial charge in [0.1, 0.15) is 17.7 Å². The molecule has 1 aromatic heterocycles. The van der Waals surface area contributed by atoms with E-state index in [9.17, 15) is 32.3 Å². The number of alkyl halides is 3. The first-order valence-electron chi connectivity index (χ1n) is 13.5. The van der Waals surface area contributed by atoms with Crippen LogP contribution < -0.4 is 10.6 Å². The second-order valence-electron chi connectivity index (χ2n) is 10.8. The summed E-state index contributed by atoms with van der Waals surface area (Å²) in [5.41, 5.74) is 0.452. The van der Waals surface area contributed by atoms with E-state index in [2.05, 4.69) is 27.7 Å². The van der Waals surface area contributed by atoms with Crippen molar-refractivity contribution in [3.05, 3.63) is 58.5 Å². The number of halogens is 4. The van der Waals surface area contributed by atoms with Crippen LogP contribution in [0.5, 0.6) is 0 Å². The van der Waals surface area contributed by atoms with Crippen molar-refractivity contribution in [3.8, 4) is 0 Å². The van der Waals surface area contributed by atoms with Crippen molar-refractivity contribution >= 4 is 17.7 Å². The lowest BCUT2D eigenvalue weighted by atomic mass is 9.85. The van der Waals surface area contributed by atoms with Gasteiger partial charge in [0.25, 0.3) is 5.91 Å². The van der Waals surface area contributed by atoms with Crippen molar-refractivity contribution < 1.29 is 32.3 Å². The van der Waals surface area contributed by atoms with E-state index >= 15 is 0 Å². The number of rotatable bonds is 9. The Bertz CT molecular complexity index is 1240. The number of carbonyl (C=O) groups is 2. The van der Waals surface area contributed by atoms with Gasteiger partial charge >= 0.3 is 12.1 Å². The first-order valence-corrected chi connectivity index (χ1v) is 13.5. The summed E-state index contributed by atoms with van der Waals surface area (Å²) in [6.07, 6.45) is 2.39. The predicted molar refractivity (Wildman–Crippen MR) is 136 cm³/mol. The molecule has 0 saturated carbocycles. The summed E-state index contributed by atoms with van der Waals surface area (Å²) < 4.78 is 52.8. The van der Waals surface area contributed by atoms with E-state index in [1.807, 2.05) is 0 Å². The zero-order valence-corrected chi connectivity index (χ0v) is 21.4. The van der Waals surface area contributed by atoms with Gasteiger partial charge < -0.3 is 15.7 Å². The van der Waals surface area contributed by atoms with Crippen molar-refractivity contribution in [3.63, 3.8) is 0 Å². The molecule has 2 aromatic rings. The predicted octanol–water partition coefficient (Wildman–Crippen LogP) is 4.66. The quantitative estimate of drug-likeness (QED) is 0.395. The van der Waals surface area contributed by atoms with Crippen molar-refractivity contribution in [1.82, 2.24) is 15.2 Å². The minimum atomic E-state index is -4.83. The van der Waals surface area contributed by atoms with Crippen LogP contribution in [0.15, 0.2) is 30.3 Å². The number of carboxylic acids is 1. The number of aliphatic carboxylic acids is 1. The van der Waals surface area contributed by atoms with Crippen LogP contribution in [0.4, 0.5) is 23.4 Å². The van der Waals surface area contributed by atoms with E-state index in [1.165, 1.54) is 5.56 Å². The number of nitrogens with one attached hydrogen (secondary N) is 2. The molecule has 210 valence electrons. The molecule has 1 amide bonds. The van der Waals surface area contributed by atoms with Gasteiger partial charge in [0, 0.05) is 36.4 Å². The molecule has 2 fully saturated rings. The average molecular weight is 549 g/mol. The van der Waals surface area contributed by atoms with Crippen LogP contribution in [0.1, 0.15) is 65.7 Å². The first kappa shape index (κ1) is 27.4. The van der Waals surface area contributed by atoms with E-state index < -0.39 is 41.0 Å². The van der Waals surface area contributed by atoms with E-state index in [-0.39, 0.29) is 6.42 Å². The number of fused-ring (bicyclic) bond motifs is 3. The van der Waals surface area contributed by atoms with Crippen LogP contribution in [0, 0.1) is 11.7 Å². The number of benzene rings is 1. The van der Waals surface area contributed by atoms with Crippen LogP contribution >= 0.6 is 0 Å². The van der Waals surface area contributed by atoms with E-state index in [0.29, 0.717) is 42.7 Å². The van der Waals surface area contributed by atoms with Crippen LogP contribution in [0.25, 0.3) is 0 Å². The maximum absolute atomic E-state index is 13.7. The lowest BCUT2D eigenvalue weighted by Crippen LogP contribution is -2.44. The molecule has 2 bridgehead atoms. The van der Waals surface area contributed by atoms with Crippen LogP contribution in [0.2, 0.25) is 0 Å². The monoisotopic (exact) mass is 548 g/mol. The number of amides is 1. The van der Waals surface area contributed by atoms with Crippen molar-refractivity contribution in [2.75, 3.05) is 18.4 Å². The molecular weight excluding hydrogens is 516 g/mol. The highest BCUT2D eigenvalue weighted by Gasteiger charge is 2.45. The standard InChI is InChI=1S/C28H32F4N4O3/c29-20-13-18(12-19(15-20)28(30,31)32)26(37)35-23(27(38)39)9-11-36-22-7-8-24(36)17(14-22)4-6-21-5-3-16-2-1-10-33-25(16)34-21/h3,5,12-13,15,17,22-24H,1-2,4,6-11,14H2,(H,33,34)(H,35,37)(H,38,39)/t17-,22+,23+,24-/m1/s1. The summed E-state index contributed by atoms with van der Waals surface area (Å²) in [5, 5.41) is 15.3. The molecule has 0 spiro atoms. The third-order valence-corrected chi connectivity index (χ3v) is 8.30. The Balaban J connectivity index is 1.17. The maximum Gasteiger partial charge on any atom is 0.416 e. The summed E-state index contributed by atoms with van der Waals surface area (Å²) >= 11 is 0. The van der Waals surface area contributed by atoms with Gasteiger partial charge in [0.15, 0.2) is 0 Å². The summed E-state index contributed by atoms with van der Waals surface area (Å²) in [6, 6.07) is 5.12. The minimum absolute atomic E-state index is 0.0975. The fourth-order valence-electron chi connectivity index (χ4n) is 6.39. The van der Waals surface area contributed by atoms with Gasteiger partial charge in [-0.15, -0.1) is 0 Å². The number of anilines is 1. The topological polar surface area (TPSA) is 94.6 Å². The normalized spacial score (nSPS) is 23.2. The molecule has 4 heterocycles. The van der Waals surface area contributed by atoms with Gasteiger partial charge in [-0.2, -0.15) is 13.2 Å². The van der Waals surface area contributed by atoms with Gasteiger partial charge in [0.2, 0.25) is 0 Å². The van der Waals surface area contributed by atoms with Crippen LogP contribution in [-0.2, 0) is 23.8 Å². The number of hydrogen-bond acceptors (Lipinski definition) is 5. The van der Waals surface area contributed by atoms with Crippen molar-refractivity contribution in [2.24, 2.45) is 5.92 Å². The van der Waals surface area contributed by atoms with Gasteiger partial charge in [-0.05, 0) is 87.1 Å². The van der Waals surface area contributed by atoms with Gasteiger partial charge in [0.05, 0.1) is 5.56 Å². The third-order valence-electron chi connectivity index (χ3n) is 8.30. The fraction of sp³-hybridized carbons (Fsp3) is 0.536. The largest absolute Gasteiger partial charge is 0.480 e. The number of hydrogen-bond donors (Lipinski definition) is 3. The molecule has 3 aliphatic heterocycles. The molecule has 0 aliphatic carbocycles. The third kappa shape index (κ3) is 6.18. The fourth-order valence-corrected chi connectivity index (χ4v) is 6.39. The Morgan fingerprint density at radius 1 is 1.21 bits per heavy atom. The summed E-state index contributed by atoms with van der Waals surface area (Å²) in [4.78, 5) is 31.5. The smallest absolute Gasteiger partial charge is 0.416 e. The Morgan fingerprint density at radius 2 is 2.03 bits per heavy atom. The second-order valence-corrected chi connectivity index (χ2v) is 10.8. The van der Waals surface area contributed by atoms with E-state index in [4.69, 9.17) is 4.98 Å². The van der Waals surface area contributed by atoms with Gasteiger partial charge in [-0.3, -0.25) is 9.69 Å². The molecule has 3 N–H and O–H groups in total. The minimum Gasteiger partial charge on any atom is -0.480 e. The molecule has 1 aromatic carbocycles. The number of pyridine rings is 1. The molecule has 5 rings (SSSR count). The highest BCUT2D eigenvalue weighted by molar-refractivity contribution is 5.96. The molecule has 39 heavy (non-hydrogen) atoms. The second kappa shape index (κ2) is 11.1. The Hall–Kier alpha value is -3.21. The highest BCUT2D eigenvalue weighted by Crippen LogP contribution is 2.43. The zero-order valence-electron chi connectivity index (χ0n) is 21.4. The summed E-state index contributed by atoms with van der Waals surface area (Å²) in [7, 11) is 0. The molecular formula is C28H32F4N4O3.